The lowest BCUT2D eigenvalue weighted by atomic mass is 10.0. The van der Waals surface area contributed by atoms with Gasteiger partial charge in [0.25, 0.3) is 5.91 Å². The molecule has 3 heterocycles. The smallest absolute Gasteiger partial charge is 0.251 e. The standard InChI is InChI=1S/C19H19N7O2/c1-11-15(16(20)17-18(22-11)25-28-24-17)9-12-3-5-13(6-4-12)19(27)21-10-14-7-8-26(2)23-14/h3-8H,9-10,20H2,1-2H3,(H,21,27). The average molecular weight is 377 g/mol. The normalized spacial score (nSPS) is 11.1. The first-order valence-electron chi connectivity index (χ1n) is 8.74. The third-order valence-corrected chi connectivity index (χ3v) is 4.56. The van der Waals surface area contributed by atoms with Gasteiger partial charge in [0.1, 0.15) is 0 Å². The highest BCUT2D eigenvalue weighted by atomic mass is 16.6. The van der Waals surface area contributed by atoms with Crippen molar-refractivity contribution in [3.05, 3.63) is 64.6 Å². The van der Waals surface area contributed by atoms with Crippen molar-refractivity contribution in [2.24, 2.45) is 7.05 Å². The minimum atomic E-state index is -0.148. The molecule has 0 atom stereocenters. The quantitative estimate of drug-likeness (QED) is 0.543. The van der Waals surface area contributed by atoms with Gasteiger partial charge in [-0.3, -0.25) is 9.48 Å². The minimum Gasteiger partial charge on any atom is -0.396 e. The van der Waals surface area contributed by atoms with Crippen molar-refractivity contribution in [3.8, 4) is 0 Å². The number of pyridine rings is 1. The predicted molar refractivity (Wildman–Crippen MR) is 102 cm³/mol. The highest BCUT2D eigenvalue weighted by Gasteiger charge is 2.15. The van der Waals surface area contributed by atoms with Crippen LogP contribution in [0.2, 0.25) is 0 Å². The first-order chi connectivity index (χ1) is 13.5. The van der Waals surface area contributed by atoms with E-state index in [9.17, 15) is 4.79 Å². The minimum absolute atomic E-state index is 0.148. The van der Waals surface area contributed by atoms with Gasteiger partial charge < -0.3 is 11.1 Å². The second-order valence-electron chi connectivity index (χ2n) is 6.56. The molecule has 0 saturated heterocycles. The van der Waals surface area contributed by atoms with Gasteiger partial charge in [0, 0.05) is 36.5 Å². The largest absolute Gasteiger partial charge is 0.396 e. The first-order valence-corrected chi connectivity index (χ1v) is 8.74. The van der Waals surface area contributed by atoms with Gasteiger partial charge in [-0.1, -0.05) is 12.1 Å². The molecule has 0 aliphatic rings. The van der Waals surface area contributed by atoms with Crippen molar-refractivity contribution >= 4 is 22.8 Å². The maximum atomic E-state index is 12.3. The van der Waals surface area contributed by atoms with Gasteiger partial charge in [-0.05, 0) is 41.0 Å². The Morgan fingerprint density at radius 3 is 2.71 bits per heavy atom. The molecular formula is C19H19N7O2. The van der Waals surface area contributed by atoms with E-state index in [1.807, 2.05) is 38.4 Å². The molecule has 3 aromatic heterocycles. The van der Waals surface area contributed by atoms with Crippen LogP contribution in [0.4, 0.5) is 5.69 Å². The van der Waals surface area contributed by atoms with E-state index in [0.717, 1.165) is 22.5 Å². The molecule has 9 nitrogen and oxygen atoms in total. The maximum absolute atomic E-state index is 12.3. The van der Waals surface area contributed by atoms with Crippen LogP contribution in [0, 0.1) is 6.92 Å². The summed E-state index contributed by atoms with van der Waals surface area (Å²) in [5, 5.41) is 14.6. The Labute approximate surface area is 160 Å². The van der Waals surface area contributed by atoms with Crippen LogP contribution in [0.3, 0.4) is 0 Å². The summed E-state index contributed by atoms with van der Waals surface area (Å²) < 4.78 is 6.41. The Hall–Kier alpha value is -3.75. The number of hydrogen-bond donors (Lipinski definition) is 2. The van der Waals surface area contributed by atoms with Gasteiger partial charge in [0.15, 0.2) is 5.52 Å². The van der Waals surface area contributed by atoms with Gasteiger partial charge in [-0.2, -0.15) is 5.10 Å². The molecule has 0 spiro atoms. The van der Waals surface area contributed by atoms with Crippen molar-refractivity contribution in [2.75, 3.05) is 5.73 Å². The number of carbonyl (C=O) groups excluding carboxylic acids is 1. The Morgan fingerprint density at radius 1 is 1.21 bits per heavy atom. The van der Waals surface area contributed by atoms with Crippen LogP contribution in [0.1, 0.15) is 32.9 Å². The molecule has 0 fully saturated rings. The van der Waals surface area contributed by atoms with E-state index in [4.69, 9.17) is 10.4 Å². The number of nitrogens with two attached hydrogens (primary N) is 1. The van der Waals surface area contributed by atoms with E-state index >= 15 is 0 Å². The van der Waals surface area contributed by atoms with Gasteiger partial charge in [0.05, 0.1) is 17.9 Å². The average Bonchev–Trinajstić information content (AvgIpc) is 3.32. The Bertz CT molecular complexity index is 1150. The molecule has 142 valence electrons. The first kappa shape index (κ1) is 17.7. The summed E-state index contributed by atoms with van der Waals surface area (Å²) in [5.41, 5.74) is 11.6. The lowest BCUT2D eigenvalue weighted by Gasteiger charge is -2.09. The van der Waals surface area contributed by atoms with E-state index in [1.165, 1.54) is 0 Å². The van der Waals surface area contributed by atoms with Crippen LogP contribution in [-0.4, -0.2) is 31.0 Å². The van der Waals surface area contributed by atoms with Gasteiger partial charge in [0.2, 0.25) is 5.65 Å². The fourth-order valence-electron chi connectivity index (χ4n) is 3.02. The number of aryl methyl sites for hydroxylation is 2. The summed E-state index contributed by atoms with van der Waals surface area (Å²) in [6, 6.07) is 9.25. The van der Waals surface area contributed by atoms with Gasteiger partial charge in [-0.15, -0.1) is 0 Å². The van der Waals surface area contributed by atoms with E-state index in [2.05, 4.69) is 25.7 Å². The fourth-order valence-corrected chi connectivity index (χ4v) is 3.02. The van der Waals surface area contributed by atoms with Crippen LogP contribution >= 0.6 is 0 Å². The Balaban J connectivity index is 1.47. The molecule has 28 heavy (non-hydrogen) atoms. The summed E-state index contributed by atoms with van der Waals surface area (Å²) in [5.74, 6) is -0.148. The monoisotopic (exact) mass is 377 g/mol. The Morgan fingerprint density at radius 2 is 2.00 bits per heavy atom. The molecule has 1 aromatic carbocycles. The van der Waals surface area contributed by atoms with Crippen molar-refractivity contribution in [1.29, 1.82) is 0 Å². The number of amides is 1. The predicted octanol–water partition coefficient (Wildman–Crippen LogP) is 1.76. The summed E-state index contributed by atoms with van der Waals surface area (Å²) in [7, 11) is 1.84. The fraction of sp³-hybridized carbons (Fsp3) is 0.211. The van der Waals surface area contributed by atoms with Crippen LogP contribution < -0.4 is 11.1 Å². The number of carbonyl (C=O) groups is 1. The molecule has 0 radical (unpaired) electrons. The summed E-state index contributed by atoms with van der Waals surface area (Å²) >= 11 is 0. The molecule has 0 aliphatic carbocycles. The molecule has 1 amide bonds. The van der Waals surface area contributed by atoms with Crippen LogP contribution in [0.15, 0.2) is 41.2 Å². The molecule has 4 rings (SSSR count). The zero-order valence-electron chi connectivity index (χ0n) is 15.5. The number of fused-ring (bicyclic) bond motifs is 1. The second kappa shape index (κ2) is 7.10. The third kappa shape index (κ3) is 3.41. The van der Waals surface area contributed by atoms with Crippen LogP contribution in [-0.2, 0) is 20.0 Å². The zero-order valence-corrected chi connectivity index (χ0v) is 15.5. The number of rotatable bonds is 5. The van der Waals surface area contributed by atoms with E-state index in [0.29, 0.717) is 35.4 Å². The lowest BCUT2D eigenvalue weighted by molar-refractivity contribution is 0.0950. The Kier molecular flexibility index (Phi) is 4.48. The van der Waals surface area contributed by atoms with E-state index < -0.39 is 0 Å². The van der Waals surface area contributed by atoms with E-state index in [1.54, 1.807) is 16.8 Å². The molecule has 0 bridgehead atoms. The SMILES string of the molecule is Cc1nc2nonc2c(N)c1Cc1ccc(C(=O)NCc2ccn(C)n2)cc1. The van der Waals surface area contributed by atoms with Crippen LogP contribution in [0.5, 0.6) is 0 Å². The summed E-state index contributed by atoms with van der Waals surface area (Å²) in [6.45, 7) is 2.26. The van der Waals surface area contributed by atoms with Crippen molar-refractivity contribution in [3.63, 3.8) is 0 Å². The number of nitrogens with one attached hydrogen (secondary N) is 1. The van der Waals surface area contributed by atoms with Crippen molar-refractivity contribution < 1.29 is 9.42 Å². The van der Waals surface area contributed by atoms with Crippen LogP contribution in [0.25, 0.3) is 11.2 Å². The number of hydrogen-bond acceptors (Lipinski definition) is 7. The number of benzene rings is 1. The lowest BCUT2D eigenvalue weighted by Crippen LogP contribution is -2.23. The number of anilines is 1. The molecule has 9 heteroatoms. The molecule has 4 aromatic rings. The molecule has 0 saturated carbocycles. The zero-order chi connectivity index (χ0) is 19.7. The maximum Gasteiger partial charge on any atom is 0.251 e. The van der Waals surface area contributed by atoms with E-state index in [-0.39, 0.29) is 5.91 Å². The highest BCUT2D eigenvalue weighted by molar-refractivity contribution is 5.94. The molecule has 3 N–H and O–H groups in total. The molecular weight excluding hydrogens is 358 g/mol. The summed E-state index contributed by atoms with van der Waals surface area (Å²) in [6.07, 6.45) is 2.41. The highest BCUT2D eigenvalue weighted by Crippen LogP contribution is 2.25. The number of nitrogen functional groups attached to an aromatic ring is 1. The third-order valence-electron chi connectivity index (χ3n) is 4.56. The number of aromatic nitrogens is 5. The number of nitrogens with zero attached hydrogens (tertiary/aromatic N) is 5. The van der Waals surface area contributed by atoms with Gasteiger partial charge in [-0.25, -0.2) is 9.61 Å². The van der Waals surface area contributed by atoms with Crippen molar-refractivity contribution in [1.82, 2.24) is 30.4 Å². The molecule has 0 aliphatic heterocycles. The summed E-state index contributed by atoms with van der Waals surface area (Å²) in [4.78, 5) is 16.7. The van der Waals surface area contributed by atoms with Gasteiger partial charge >= 0.3 is 0 Å². The topological polar surface area (TPSA) is 125 Å². The second-order valence-corrected chi connectivity index (χ2v) is 6.56. The molecule has 0 unspecified atom stereocenters. The van der Waals surface area contributed by atoms with Crippen molar-refractivity contribution in [2.45, 2.75) is 19.9 Å².